The first kappa shape index (κ1) is 18.2. The van der Waals surface area contributed by atoms with E-state index in [4.69, 9.17) is 5.84 Å². The zero-order valence-corrected chi connectivity index (χ0v) is 14.3. The molecule has 0 aliphatic carbocycles. The minimum absolute atomic E-state index is 0.00181. The molecule has 1 unspecified atom stereocenters. The van der Waals surface area contributed by atoms with Crippen molar-refractivity contribution in [2.45, 2.75) is 25.1 Å². The molecule has 132 valence electrons. The number of amides is 3. The molecule has 0 radical (unpaired) electrons. The lowest BCUT2D eigenvalue weighted by molar-refractivity contribution is 0.0953. The van der Waals surface area contributed by atoms with Crippen LogP contribution in [0.5, 0.6) is 0 Å². The van der Waals surface area contributed by atoms with Crippen LogP contribution in [0.3, 0.4) is 0 Å². The molecule has 0 saturated carbocycles. The fourth-order valence-corrected chi connectivity index (χ4v) is 4.29. The monoisotopic (exact) mass is 354 g/mol. The minimum atomic E-state index is -3.09. The first-order valence-corrected chi connectivity index (χ1v) is 9.43. The summed E-state index contributed by atoms with van der Waals surface area (Å²) in [6.07, 6.45) is 0.497. The summed E-state index contributed by atoms with van der Waals surface area (Å²) in [6.45, 7) is 2.53. The minimum Gasteiger partial charge on any atom is -0.334 e. The number of rotatable bonds is 4. The highest BCUT2D eigenvalue weighted by atomic mass is 32.2. The van der Waals surface area contributed by atoms with E-state index in [2.05, 4.69) is 5.32 Å². The second-order valence-electron chi connectivity index (χ2n) is 5.67. The van der Waals surface area contributed by atoms with Gasteiger partial charge >= 0.3 is 6.03 Å². The highest BCUT2D eigenvalue weighted by Gasteiger charge is 2.33. The Morgan fingerprint density at radius 3 is 2.54 bits per heavy atom. The molecule has 1 saturated heterocycles. The van der Waals surface area contributed by atoms with Gasteiger partial charge in [-0.1, -0.05) is 19.1 Å². The molecule has 1 aromatic rings. The van der Waals surface area contributed by atoms with Gasteiger partial charge in [0.25, 0.3) is 5.91 Å². The average Bonchev–Trinajstić information content (AvgIpc) is 2.59. The fraction of sp³-hybridized carbons (Fsp3) is 0.467. The molecule has 1 aromatic carbocycles. The van der Waals surface area contributed by atoms with Crippen molar-refractivity contribution >= 4 is 21.8 Å². The second-order valence-corrected chi connectivity index (χ2v) is 8.07. The summed E-state index contributed by atoms with van der Waals surface area (Å²) in [5.41, 5.74) is 3.30. The zero-order chi connectivity index (χ0) is 17.7. The van der Waals surface area contributed by atoms with Crippen LogP contribution in [0.15, 0.2) is 24.3 Å². The molecule has 9 heteroatoms. The van der Waals surface area contributed by atoms with Crippen LogP contribution in [0.4, 0.5) is 4.79 Å². The van der Waals surface area contributed by atoms with Crippen LogP contribution in [0, 0.1) is 0 Å². The van der Waals surface area contributed by atoms with Crippen molar-refractivity contribution in [3.8, 4) is 0 Å². The summed E-state index contributed by atoms with van der Waals surface area (Å²) in [6, 6.07) is 6.39. The number of hydrazine groups is 1. The predicted molar refractivity (Wildman–Crippen MR) is 89.8 cm³/mol. The van der Waals surface area contributed by atoms with Gasteiger partial charge in [0.15, 0.2) is 9.84 Å². The molecule has 0 spiro atoms. The Hall–Kier alpha value is -2.13. The number of carbonyl (C=O) groups excluding carboxylic acids is 2. The molecular formula is C15H22N4O4S. The van der Waals surface area contributed by atoms with E-state index in [1.807, 2.05) is 12.3 Å². The number of carbonyl (C=O) groups is 2. The average molecular weight is 354 g/mol. The largest absolute Gasteiger partial charge is 0.334 e. The number of nitrogen functional groups attached to an aromatic ring is 1. The van der Waals surface area contributed by atoms with Crippen LogP contribution in [0.1, 0.15) is 29.3 Å². The van der Waals surface area contributed by atoms with Gasteiger partial charge in [0, 0.05) is 25.2 Å². The third kappa shape index (κ3) is 4.24. The van der Waals surface area contributed by atoms with E-state index in [0.29, 0.717) is 18.5 Å². The standard InChI is InChI=1S/C15H22N4O4S/c1-2-13-10-19(7-8-24(13,22)23)15(21)17-9-11-3-5-12(6-4-11)14(20)18-16/h3-6,13H,2,7-10,16H2,1H3,(H,17,21)(H,18,20). The zero-order valence-electron chi connectivity index (χ0n) is 13.5. The Balaban J connectivity index is 1.90. The summed E-state index contributed by atoms with van der Waals surface area (Å²) in [7, 11) is -3.09. The molecule has 1 atom stereocenters. The number of benzene rings is 1. The summed E-state index contributed by atoms with van der Waals surface area (Å²) >= 11 is 0. The van der Waals surface area contributed by atoms with Gasteiger partial charge in [-0.3, -0.25) is 10.2 Å². The smallest absolute Gasteiger partial charge is 0.317 e. The van der Waals surface area contributed by atoms with Crippen molar-refractivity contribution in [1.29, 1.82) is 0 Å². The number of hydrogen-bond donors (Lipinski definition) is 3. The van der Waals surface area contributed by atoms with Gasteiger partial charge in [0.05, 0.1) is 11.0 Å². The SMILES string of the molecule is CCC1CN(C(=O)NCc2ccc(C(=O)NN)cc2)CCS1(=O)=O. The second kappa shape index (κ2) is 7.63. The quantitative estimate of drug-likeness (QED) is 0.399. The number of nitrogens with two attached hydrogens (primary N) is 1. The lowest BCUT2D eigenvalue weighted by Crippen LogP contribution is -2.52. The first-order chi connectivity index (χ1) is 11.4. The number of sulfone groups is 1. The normalized spacial score (nSPS) is 19.6. The van der Waals surface area contributed by atoms with E-state index in [0.717, 1.165) is 5.56 Å². The lowest BCUT2D eigenvalue weighted by Gasteiger charge is -2.32. The van der Waals surface area contributed by atoms with Gasteiger partial charge < -0.3 is 10.2 Å². The molecule has 0 aromatic heterocycles. The Morgan fingerprint density at radius 2 is 1.96 bits per heavy atom. The number of hydrogen-bond acceptors (Lipinski definition) is 5. The maximum atomic E-state index is 12.2. The summed E-state index contributed by atoms with van der Waals surface area (Å²) in [4.78, 5) is 25.1. The van der Waals surface area contributed by atoms with Crippen LogP contribution in [0.25, 0.3) is 0 Å². The molecule has 2 rings (SSSR count). The van der Waals surface area contributed by atoms with Gasteiger partial charge in [-0.25, -0.2) is 19.1 Å². The number of nitrogens with one attached hydrogen (secondary N) is 2. The van der Waals surface area contributed by atoms with Crippen LogP contribution < -0.4 is 16.6 Å². The summed E-state index contributed by atoms with van der Waals surface area (Å²) in [5.74, 6) is 4.68. The maximum absolute atomic E-state index is 12.2. The van der Waals surface area contributed by atoms with Crippen LogP contribution >= 0.6 is 0 Å². The first-order valence-electron chi connectivity index (χ1n) is 7.71. The third-order valence-electron chi connectivity index (χ3n) is 4.11. The van der Waals surface area contributed by atoms with Crippen molar-refractivity contribution in [2.75, 3.05) is 18.8 Å². The van der Waals surface area contributed by atoms with Gasteiger partial charge in [0.2, 0.25) is 0 Å². The van der Waals surface area contributed by atoms with Crippen molar-refractivity contribution in [2.24, 2.45) is 5.84 Å². The van der Waals surface area contributed by atoms with Gasteiger partial charge in [0.1, 0.15) is 0 Å². The van der Waals surface area contributed by atoms with E-state index < -0.39 is 15.1 Å². The summed E-state index contributed by atoms with van der Waals surface area (Å²) in [5, 5.41) is 2.28. The molecule has 8 nitrogen and oxygen atoms in total. The molecule has 1 fully saturated rings. The van der Waals surface area contributed by atoms with Crippen LogP contribution in [-0.4, -0.2) is 49.3 Å². The van der Waals surface area contributed by atoms with Crippen LogP contribution in [-0.2, 0) is 16.4 Å². The van der Waals surface area contributed by atoms with E-state index in [9.17, 15) is 18.0 Å². The highest BCUT2D eigenvalue weighted by molar-refractivity contribution is 7.92. The van der Waals surface area contributed by atoms with E-state index in [1.165, 1.54) is 4.90 Å². The molecule has 1 aliphatic rings. The van der Waals surface area contributed by atoms with Crippen molar-refractivity contribution in [3.63, 3.8) is 0 Å². The van der Waals surface area contributed by atoms with Gasteiger partial charge in [-0.15, -0.1) is 0 Å². The van der Waals surface area contributed by atoms with Crippen LogP contribution in [0.2, 0.25) is 0 Å². The highest BCUT2D eigenvalue weighted by Crippen LogP contribution is 2.15. The Morgan fingerprint density at radius 1 is 1.29 bits per heavy atom. The Labute approximate surface area is 141 Å². The maximum Gasteiger partial charge on any atom is 0.317 e. The van der Waals surface area contributed by atoms with Crippen molar-refractivity contribution in [1.82, 2.24) is 15.6 Å². The number of urea groups is 1. The lowest BCUT2D eigenvalue weighted by atomic mass is 10.1. The third-order valence-corrected chi connectivity index (χ3v) is 6.36. The van der Waals surface area contributed by atoms with Gasteiger partial charge in [-0.05, 0) is 24.1 Å². The molecular weight excluding hydrogens is 332 g/mol. The van der Waals surface area contributed by atoms with Gasteiger partial charge in [-0.2, -0.15) is 0 Å². The molecule has 0 bridgehead atoms. The summed E-state index contributed by atoms with van der Waals surface area (Å²) < 4.78 is 23.7. The molecule has 1 aliphatic heterocycles. The van der Waals surface area contributed by atoms with E-state index >= 15 is 0 Å². The molecule has 1 heterocycles. The number of nitrogens with zero attached hydrogens (tertiary/aromatic N) is 1. The van der Waals surface area contributed by atoms with Crippen molar-refractivity contribution < 1.29 is 18.0 Å². The van der Waals surface area contributed by atoms with E-state index in [-0.39, 0.29) is 30.8 Å². The topological polar surface area (TPSA) is 122 Å². The Bertz CT molecular complexity index is 703. The Kier molecular flexibility index (Phi) is 5.79. The molecule has 24 heavy (non-hydrogen) atoms. The fourth-order valence-electron chi connectivity index (χ4n) is 2.57. The molecule has 3 amide bonds. The van der Waals surface area contributed by atoms with Crippen molar-refractivity contribution in [3.05, 3.63) is 35.4 Å². The molecule has 4 N–H and O–H groups in total. The van der Waals surface area contributed by atoms with E-state index in [1.54, 1.807) is 24.3 Å². The predicted octanol–water partition coefficient (Wildman–Crippen LogP) is 0.00870.